The molecule has 1 aromatic carbocycles. The topological polar surface area (TPSA) is 50.8 Å². The summed E-state index contributed by atoms with van der Waals surface area (Å²) >= 11 is 0. The molecule has 168 valence electrons. The zero-order valence-electron chi connectivity index (χ0n) is 19.1. The van der Waals surface area contributed by atoms with Crippen LogP contribution in [0, 0.1) is 5.92 Å². The van der Waals surface area contributed by atoms with Gasteiger partial charge in [0.1, 0.15) is 11.4 Å². The van der Waals surface area contributed by atoms with E-state index in [1.807, 2.05) is 31.2 Å². The molecule has 0 radical (unpaired) electrons. The fourth-order valence-corrected chi connectivity index (χ4v) is 4.77. The Labute approximate surface area is 182 Å². The number of rotatable bonds is 9. The second-order valence-corrected chi connectivity index (χ2v) is 9.17. The number of nitrogens with zero attached hydrogens (tertiary/aromatic N) is 1. The van der Waals surface area contributed by atoms with E-state index in [-0.39, 0.29) is 5.91 Å². The number of carbonyl (C=O) groups excluding carboxylic acids is 1. The molecule has 0 spiro atoms. The molecule has 2 fully saturated rings. The van der Waals surface area contributed by atoms with Crippen molar-refractivity contribution in [1.29, 1.82) is 0 Å². The molecule has 3 rings (SSSR count). The van der Waals surface area contributed by atoms with Gasteiger partial charge in [-0.15, -0.1) is 0 Å². The van der Waals surface area contributed by atoms with E-state index in [1.165, 1.54) is 25.8 Å². The van der Waals surface area contributed by atoms with E-state index in [0.717, 1.165) is 56.7 Å². The van der Waals surface area contributed by atoms with Gasteiger partial charge in [0.15, 0.2) is 0 Å². The molecule has 5 nitrogen and oxygen atoms in total. The number of ether oxygens (including phenoxy) is 2. The van der Waals surface area contributed by atoms with Crippen LogP contribution in [0.15, 0.2) is 24.3 Å². The number of amides is 1. The Hall–Kier alpha value is -1.59. The Kier molecular flexibility index (Phi) is 8.58. The molecular formula is C25H40N2O3. The van der Waals surface area contributed by atoms with Crippen molar-refractivity contribution in [3.8, 4) is 5.75 Å². The molecule has 1 amide bonds. The van der Waals surface area contributed by atoms with E-state index in [0.29, 0.717) is 18.6 Å². The smallest absolute Gasteiger partial charge is 0.256 e. The first-order valence-electron chi connectivity index (χ1n) is 11.9. The van der Waals surface area contributed by atoms with E-state index in [9.17, 15) is 4.79 Å². The predicted octanol–water partition coefficient (Wildman–Crippen LogP) is 5.25. The van der Waals surface area contributed by atoms with Crippen LogP contribution in [0.2, 0.25) is 0 Å². The van der Waals surface area contributed by atoms with Crippen LogP contribution in [0.4, 0.5) is 5.69 Å². The fraction of sp³-hybridized carbons (Fsp3) is 0.720. The first-order valence-corrected chi connectivity index (χ1v) is 11.9. The summed E-state index contributed by atoms with van der Waals surface area (Å²) in [6, 6.07) is 8.43. The zero-order chi connectivity index (χ0) is 21.4. The number of carbonyl (C=O) groups is 1. The molecule has 1 heterocycles. The number of hydrogen-bond donors (Lipinski definition) is 1. The molecule has 0 aromatic heterocycles. The molecule has 2 aliphatic rings. The minimum Gasteiger partial charge on any atom is -0.494 e. The SMILES string of the molecule is CCOC1(C(=O)Nc2ccc(OCCCN3CCCC[C@H]3C)cc2)CCC(C)CC1. The van der Waals surface area contributed by atoms with Crippen molar-refractivity contribution >= 4 is 11.6 Å². The maximum Gasteiger partial charge on any atom is 0.256 e. The molecule has 1 N–H and O–H groups in total. The van der Waals surface area contributed by atoms with Gasteiger partial charge in [-0.25, -0.2) is 0 Å². The molecule has 1 aliphatic carbocycles. The van der Waals surface area contributed by atoms with E-state index in [2.05, 4.69) is 24.1 Å². The quantitative estimate of drug-likeness (QED) is 0.558. The number of likely N-dealkylation sites (tertiary alicyclic amines) is 1. The molecule has 5 heteroatoms. The fourth-order valence-electron chi connectivity index (χ4n) is 4.77. The van der Waals surface area contributed by atoms with Gasteiger partial charge < -0.3 is 19.7 Å². The monoisotopic (exact) mass is 416 g/mol. The normalized spacial score (nSPS) is 27.6. The highest BCUT2D eigenvalue weighted by molar-refractivity contribution is 5.97. The van der Waals surface area contributed by atoms with Crippen LogP contribution in [-0.2, 0) is 9.53 Å². The summed E-state index contributed by atoms with van der Waals surface area (Å²) in [4.78, 5) is 15.6. The van der Waals surface area contributed by atoms with Crippen molar-refractivity contribution in [2.75, 3.05) is 31.6 Å². The molecule has 0 bridgehead atoms. The number of benzene rings is 1. The molecule has 1 saturated heterocycles. The van der Waals surface area contributed by atoms with Crippen LogP contribution in [0.5, 0.6) is 5.75 Å². The van der Waals surface area contributed by atoms with Crippen LogP contribution in [0.3, 0.4) is 0 Å². The lowest BCUT2D eigenvalue weighted by atomic mass is 9.78. The summed E-state index contributed by atoms with van der Waals surface area (Å²) in [5.74, 6) is 1.51. The summed E-state index contributed by atoms with van der Waals surface area (Å²) in [6.07, 6.45) is 8.71. The van der Waals surface area contributed by atoms with Crippen molar-refractivity contribution in [3.63, 3.8) is 0 Å². The molecule has 1 atom stereocenters. The van der Waals surface area contributed by atoms with Crippen LogP contribution in [0.25, 0.3) is 0 Å². The highest BCUT2D eigenvalue weighted by Gasteiger charge is 2.41. The minimum absolute atomic E-state index is 0.0134. The van der Waals surface area contributed by atoms with E-state index < -0.39 is 5.60 Å². The first-order chi connectivity index (χ1) is 14.5. The van der Waals surface area contributed by atoms with E-state index in [1.54, 1.807) is 0 Å². The van der Waals surface area contributed by atoms with Crippen molar-refractivity contribution < 1.29 is 14.3 Å². The third-order valence-corrected chi connectivity index (χ3v) is 6.83. The molecule has 0 unspecified atom stereocenters. The molecule has 1 aromatic rings. The largest absolute Gasteiger partial charge is 0.494 e. The van der Waals surface area contributed by atoms with Gasteiger partial charge >= 0.3 is 0 Å². The average molecular weight is 417 g/mol. The Balaban J connectivity index is 1.45. The third-order valence-electron chi connectivity index (χ3n) is 6.83. The lowest BCUT2D eigenvalue weighted by Gasteiger charge is -2.37. The van der Waals surface area contributed by atoms with Gasteiger partial charge in [-0.3, -0.25) is 4.79 Å². The summed E-state index contributed by atoms with van der Waals surface area (Å²) in [7, 11) is 0. The van der Waals surface area contributed by atoms with Gasteiger partial charge in [-0.1, -0.05) is 13.3 Å². The van der Waals surface area contributed by atoms with Gasteiger partial charge in [0.05, 0.1) is 6.61 Å². The Morgan fingerprint density at radius 1 is 1.13 bits per heavy atom. The summed E-state index contributed by atoms with van der Waals surface area (Å²) in [5, 5.41) is 3.07. The number of piperidine rings is 1. The van der Waals surface area contributed by atoms with Crippen LogP contribution < -0.4 is 10.1 Å². The van der Waals surface area contributed by atoms with Gasteiger partial charge in [0.2, 0.25) is 0 Å². The van der Waals surface area contributed by atoms with E-state index >= 15 is 0 Å². The van der Waals surface area contributed by atoms with Gasteiger partial charge in [0, 0.05) is 24.9 Å². The number of anilines is 1. The average Bonchev–Trinajstić information content (AvgIpc) is 2.75. The molecular weight excluding hydrogens is 376 g/mol. The zero-order valence-corrected chi connectivity index (χ0v) is 19.1. The van der Waals surface area contributed by atoms with Crippen molar-refractivity contribution in [1.82, 2.24) is 4.90 Å². The molecule has 1 aliphatic heterocycles. The van der Waals surface area contributed by atoms with Gasteiger partial charge in [-0.2, -0.15) is 0 Å². The van der Waals surface area contributed by atoms with E-state index in [4.69, 9.17) is 9.47 Å². The second kappa shape index (κ2) is 11.1. The highest BCUT2D eigenvalue weighted by Crippen LogP contribution is 2.36. The second-order valence-electron chi connectivity index (χ2n) is 9.17. The predicted molar refractivity (Wildman–Crippen MR) is 122 cm³/mol. The lowest BCUT2D eigenvalue weighted by Crippen LogP contribution is -2.48. The highest BCUT2D eigenvalue weighted by atomic mass is 16.5. The maximum atomic E-state index is 13.0. The summed E-state index contributed by atoms with van der Waals surface area (Å²) in [6.45, 7) is 10.2. The van der Waals surface area contributed by atoms with Crippen molar-refractivity contribution in [2.45, 2.75) is 83.8 Å². The van der Waals surface area contributed by atoms with Crippen molar-refractivity contribution in [2.24, 2.45) is 5.92 Å². The summed E-state index contributed by atoms with van der Waals surface area (Å²) < 4.78 is 11.9. The van der Waals surface area contributed by atoms with Gasteiger partial charge in [0.25, 0.3) is 5.91 Å². The summed E-state index contributed by atoms with van der Waals surface area (Å²) in [5.41, 5.74) is 0.120. The third kappa shape index (κ3) is 6.21. The number of hydrogen-bond acceptors (Lipinski definition) is 4. The minimum atomic E-state index is -0.679. The molecule has 1 saturated carbocycles. The standard InChI is InChI=1S/C25H40N2O3/c1-4-30-25(15-13-20(2)14-16-25)24(28)26-22-9-11-23(12-10-22)29-19-7-18-27-17-6-5-8-21(27)3/h9-12,20-21H,4-8,13-19H2,1-3H3,(H,26,28)/t20?,21-,25?/m1/s1. The number of nitrogens with one attached hydrogen (secondary N) is 1. The molecule has 30 heavy (non-hydrogen) atoms. The van der Waals surface area contributed by atoms with Gasteiger partial charge in [-0.05, 0) is 95.5 Å². The van der Waals surface area contributed by atoms with Crippen LogP contribution in [-0.4, -0.2) is 48.8 Å². The Bertz CT molecular complexity index is 653. The van der Waals surface area contributed by atoms with Crippen LogP contribution in [0.1, 0.15) is 72.1 Å². The Morgan fingerprint density at radius 3 is 2.53 bits per heavy atom. The first kappa shape index (κ1) is 23.1. The van der Waals surface area contributed by atoms with Crippen molar-refractivity contribution in [3.05, 3.63) is 24.3 Å². The lowest BCUT2D eigenvalue weighted by molar-refractivity contribution is -0.146. The van der Waals surface area contributed by atoms with Crippen LogP contribution >= 0.6 is 0 Å². The Morgan fingerprint density at radius 2 is 1.87 bits per heavy atom. The maximum absolute atomic E-state index is 13.0.